The van der Waals surface area contributed by atoms with E-state index in [4.69, 9.17) is 10.5 Å². The lowest BCUT2D eigenvalue weighted by atomic mass is 10.1. The van der Waals surface area contributed by atoms with Gasteiger partial charge in [-0.2, -0.15) is 5.10 Å². The van der Waals surface area contributed by atoms with Gasteiger partial charge in [0.25, 0.3) is 0 Å². The predicted octanol–water partition coefficient (Wildman–Crippen LogP) is 3.15. The van der Waals surface area contributed by atoms with Crippen LogP contribution in [0.4, 0.5) is 20.6 Å². The molecule has 2 rings (SSSR count). The zero-order valence-electron chi connectivity index (χ0n) is 12.0. The van der Waals surface area contributed by atoms with Crippen LogP contribution in [0.15, 0.2) is 24.4 Å². The maximum atomic E-state index is 14.0. The van der Waals surface area contributed by atoms with E-state index in [2.05, 4.69) is 15.5 Å². The molecule has 4 N–H and O–H groups in total. The first-order valence-electron chi connectivity index (χ1n) is 6.35. The molecule has 112 valence electrons. The van der Waals surface area contributed by atoms with E-state index in [1.54, 1.807) is 26.8 Å². The van der Waals surface area contributed by atoms with Gasteiger partial charge in [0.2, 0.25) is 0 Å². The Kier molecular flexibility index (Phi) is 3.84. The highest BCUT2D eigenvalue weighted by molar-refractivity contribution is 5.86. The van der Waals surface area contributed by atoms with Crippen LogP contribution in [0.1, 0.15) is 20.8 Å². The zero-order valence-corrected chi connectivity index (χ0v) is 12.0. The maximum Gasteiger partial charge on any atom is 0.412 e. The Bertz CT molecular complexity index is 661. The van der Waals surface area contributed by atoms with Gasteiger partial charge in [0.1, 0.15) is 11.4 Å². The fourth-order valence-corrected chi connectivity index (χ4v) is 1.71. The molecule has 0 saturated carbocycles. The second-order valence-corrected chi connectivity index (χ2v) is 5.52. The molecule has 0 radical (unpaired) electrons. The van der Waals surface area contributed by atoms with E-state index in [1.807, 2.05) is 0 Å². The SMILES string of the molecule is CC(C)(C)OC(=O)Nc1ccc(-c2[nH]ncc2N)cc1F. The number of nitrogen functional groups attached to an aromatic ring is 1. The third-order valence-corrected chi connectivity index (χ3v) is 2.56. The molecule has 0 unspecified atom stereocenters. The number of hydrogen-bond donors (Lipinski definition) is 3. The van der Waals surface area contributed by atoms with Crippen molar-refractivity contribution in [2.75, 3.05) is 11.1 Å². The molecule has 6 nitrogen and oxygen atoms in total. The number of benzene rings is 1. The number of rotatable bonds is 2. The Morgan fingerprint density at radius 2 is 2.14 bits per heavy atom. The molecule has 0 fully saturated rings. The number of carbonyl (C=O) groups is 1. The van der Waals surface area contributed by atoms with Crippen molar-refractivity contribution in [1.29, 1.82) is 0 Å². The molecule has 0 bridgehead atoms. The van der Waals surface area contributed by atoms with Crippen LogP contribution in [0.25, 0.3) is 11.3 Å². The van der Waals surface area contributed by atoms with E-state index in [1.165, 1.54) is 18.3 Å². The van der Waals surface area contributed by atoms with E-state index in [0.717, 1.165) is 0 Å². The Morgan fingerprint density at radius 1 is 1.43 bits per heavy atom. The van der Waals surface area contributed by atoms with E-state index >= 15 is 0 Å². The standard InChI is InChI=1S/C14H17FN4O2/c1-14(2,3)21-13(20)18-11-5-4-8(6-9(11)15)12-10(16)7-17-19-12/h4-7H,16H2,1-3H3,(H,17,19)(H,18,20). The largest absolute Gasteiger partial charge is 0.444 e. The van der Waals surface area contributed by atoms with Gasteiger partial charge in [-0.05, 0) is 32.9 Å². The van der Waals surface area contributed by atoms with E-state index < -0.39 is 17.5 Å². The van der Waals surface area contributed by atoms with Crippen LogP contribution in [0.2, 0.25) is 0 Å². The Labute approximate surface area is 121 Å². The molecule has 1 heterocycles. The van der Waals surface area contributed by atoms with Crippen LogP contribution in [-0.4, -0.2) is 21.9 Å². The van der Waals surface area contributed by atoms with Gasteiger partial charge in [0.05, 0.1) is 23.3 Å². The Balaban J connectivity index is 2.17. The van der Waals surface area contributed by atoms with Crippen LogP contribution in [0.3, 0.4) is 0 Å². The Hall–Kier alpha value is -2.57. The first kappa shape index (κ1) is 14.8. The van der Waals surface area contributed by atoms with Crippen LogP contribution in [-0.2, 0) is 4.74 Å². The molecule has 7 heteroatoms. The van der Waals surface area contributed by atoms with Gasteiger partial charge in [0, 0.05) is 5.56 Å². The number of H-pyrrole nitrogens is 1. The van der Waals surface area contributed by atoms with Crippen molar-refractivity contribution in [3.63, 3.8) is 0 Å². The number of hydrogen-bond acceptors (Lipinski definition) is 4. The second kappa shape index (κ2) is 5.43. The molecule has 1 aromatic heterocycles. The summed E-state index contributed by atoms with van der Waals surface area (Å²) in [6.07, 6.45) is 0.732. The lowest BCUT2D eigenvalue weighted by Crippen LogP contribution is -2.27. The first-order valence-corrected chi connectivity index (χ1v) is 6.35. The van der Waals surface area contributed by atoms with Crippen molar-refractivity contribution in [2.45, 2.75) is 26.4 Å². The first-order chi connectivity index (χ1) is 9.76. The average molecular weight is 292 g/mol. The van der Waals surface area contributed by atoms with Gasteiger partial charge < -0.3 is 10.5 Å². The summed E-state index contributed by atoms with van der Waals surface area (Å²) in [4.78, 5) is 11.6. The fourth-order valence-electron chi connectivity index (χ4n) is 1.71. The monoisotopic (exact) mass is 292 g/mol. The summed E-state index contributed by atoms with van der Waals surface area (Å²) in [5, 5.41) is 8.82. The van der Waals surface area contributed by atoms with Crippen LogP contribution in [0, 0.1) is 5.82 Å². The molecule has 2 aromatic rings. The van der Waals surface area contributed by atoms with Crippen molar-refractivity contribution in [2.24, 2.45) is 0 Å². The van der Waals surface area contributed by atoms with Crippen molar-refractivity contribution < 1.29 is 13.9 Å². The zero-order chi connectivity index (χ0) is 15.6. The number of aromatic amines is 1. The topological polar surface area (TPSA) is 93.0 Å². The highest BCUT2D eigenvalue weighted by atomic mass is 19.1. The van der Waals surface area contributed by atoms with Crippen molar-refractivity contribution in [3.05, 3.63) is 30.2 Å². The van der Waals surface area contributed by atoms with Crippen LogP contribution >= 0.6 is 0 Å². The summed E-state index contributed by atoms with van der Waals surface area (Å²) < 4.78 is 19.1. The molecule has 1 amide bonds. The molecule has 0 aliphatic rings. The van der Waals surface area contributed by atoms with Gasteiger partial charge in [-0.25, -0.2) is 9.18 Å². The average Bonchev–Trinajstić information content (AvgIpc) is 2.76. The Morgan fingerprint density at radius 3 is 2.67 bits per heavy atom. The normalized spacial score (nSPS) is 11.2. The summed E-state index contributed by atoms with van der Waals surface area (Å²) in [6, 6.07) is 4.32. The lowest BCUT2D eigenvalue weighted by molar-refractivity contribution is 0.0635. The van der Waals surface area contributed by atoms with E-state index in [9.17, 15) is 9.18 Å². The third-order valence-electron chi connectivity index (χ3n) is 2.56. The summed E-state index contributed by atoms with van der Waals surface area (Å²) in [6.45, 7) is 5.19. The van der Waals surface area contributed by atoms with Gasteiger partial charge in [-0.15, -0.1) is 0 Å². The highest BCUT2D eigenvalue weighted by Crippen LogP contribution is 2.26. The quantitative estimate of drug-likeness (QED) is 0.792. The number of anilines is 2. The summed E-state index contributed by atoms with van der Waals surface area (Å²) >= 11 is 0. The van der Waals surface area contributed by atoms with Crippen molar-refractivity contribution >= 4 is 17.5 Å². The van der Waals surface area contributed by atoms with Gasteiger partial charge in [-0.1, -0.05) is 6.07 Å². The molecule has 0 saturated heterocycles. The number of carbonyl (C=O) groups excluding carboxylic acids is 1. The number of amides is 1. The molecule has 21 heavy (non-hydrogen) atoms. The summed E-state index contributed by atoms with van der Waals surface area (Å²) in [5.74, 6) is -0.590. The smallest absolute Gasteiger partial charge is 0.412 e. The molecular formula is C14H17FN4O2. The van der Waals surface area contributed by atoms with Crippen molar-refractivity contribution in [3.8, 4) is 11.3 Å². The van der Waals surface area contributed by atoms with Gasteiger partial charge >= 0.3 is 6.09 Å². The number of nitrogens with zero attached hydrogens (tertiary/aromatic N) is 1. The predicted molar refractivity (Wildman–Crippen MR) is 78.3 cm³/mol. The molecule has 0 atom stereocenters. The minimum Gasteiger partial charge on any atom is -0.444 e. The van der Waals surface area contributed by atoms with Crippen LogP contribution in [0.5, 0.6) is 0 Å². The molecule has 0 aliphatic heterocycles. The summed E-state index contributed by atoms with van der Waals surface area (Å²) in [5.41, 5.74) is 6.57. The second-order valence-electron chi connectivity index (χ2n) is 5.52. The maximum absolute atomic E-state index is 14.0. The number of aromatic nitrogens is 2. The number of nitrogens with one attached hydrogen (secondary N) is 2. The van der Waals surface area contributed by atoms with Crippen molar-refractivity contribution in [1.82, 2.24) is 10.2 Å². The fraction of sp³-hybridized carbons (Fsp3) is 0.286. The van der Waals surface area contributed by atoms with E-state index in [-0.39, 0.29) is 5.69 Å². The lowest BCUT2D eigenvalue weighted by Gasteiger charge is -2.19. The molecule has 1 aromatic carbocycles. The van der Waals surface area contributed by atoms with Gasteiger partial charge in [-0.3, -0.25) is 10.4 Å². The minimum atomic E-state index is -0.713. The summed E-state index contributed by atoms with van der Waals surface area (Å²) in [7, 11) is 0. The number of halogens is 1. The molecule has 0 spiro atoms. The van der Waals surface area contributed by atoms with E-state index in [0.29, 0.717) is 16.9 Å². The van der Waals surface area contributed by atoms with Gasteiger partial charge in [0.15, 0.2) is 0 Å². The van der Waals surface area contributed by atoms with Crippen LogP contribution < -0.4 is 11.1 Å². The number of ether oxygens (including phenoxy) is 1. The molecule has 0 aliphatic carbocycles. The minimum absolute atomic E-state index is 0.0334. The molecular weight excluding hydrogens is 275 g/mol. The third kappa shape index (κ3) is 3.71. The number of nitrogens with two attached hydrogens (primary N) is 1. The highest BCUT2D eigenvalue weighted by Gasteiger charge is 2.17.